The molecule has 0 spiro atoms. The van der Waals surface area contributed by atoms with Crippen molar-refractivity contribution in [2.24, 2.45) is 5.41 Å². The van der Waals surface area contributed by atoms with Crippen molar-refractivity contribution >= 4 is 22.7 Å². The summed E-state index contributed by atoms with van der Waals surface area (Å²) in [6, 6.07) is 9.23. The molecule has 2 nitrogen and oxygen atoms in total. The molecule has 1 unspecified atom stereocenters. The van der Waals surface area contributed by atoms with Gasteiger partial charge >= 0.3 is 0 Å². The summed E-state index contributed by atoms with van der Waals surface area (Å²) in [4.78, 5) is 3.36. The molecule has 2 aromatic rings. The Morgan fingerprint density at radius 3 is 3.05 bits per heavy atom. The number of fused-ring (bicyclic) bond motifs is 1. The van der Waals surface area contributed by atoms with Crippen LogP contribution in [0.1, 0.15) is 25.8 Å². The zero-order valence-electron chi connectivity index (χ0n) is 12.4. The third-order valence-corrected chi connectivity index (χ3v) is 5.74. The van der Waals surface area contributed by atoms with E-state index in [0.717, 1.165) is 13.0 Å². The molecule has 3 heteroatoms. The minimum atomic E-state index is 0.487. The Kier molecular flexibility index (Phi) is 4.08. The fourth-order valence-corrected chi connectivity index (χ4v) is 4.45. The van der Waals surface area contributed by atoms with Crippen LogP contribution in [0.25, 0.3) is 10.9 Å². The Morgan fingerprint density at radius 1 is 1.35 bits per heavy atom. The molecular formula is C17H24N2S. The first-order chi connectivity index (χ1) is 9.64. The quantitative estimate of drug-likeness (QED) is 0.895. The van der Waals surface area contributed by atoms with E-state index in [-0.39, 0.29) is 0 Å². The van der Waals surface area contributed by atoms with Crippen LogP contribution < -0.4 is 5.32 Å². The number of hydrogen-bond donors (Lipinski definition) is 2. The van der Waals surface area contributed by atoms with Gasteiger partial charge in [-0.25, -0.2) is 0 Å². The number of nitrogens with one attached hydrogen (secondary N) is 2. The maximum Gasteiger partial charge on any atom is 0.0456 e. The van der Waals surface area contributed by atoms with E-state index in [1.807, 2.05) is 0 Å². The van der Waals surface area contributed by atoms with Crippen molar-refractivity contribution in [1.29, 1.82) is 0 Å². The number of aromatic amines is 1. The highest BCUT2D eigenvalue weighted by atomic mass is 32.2. The van der Waals surface area contributed by atoms with Crippen molar-refractivity contribution in [1.82, 2.24) is 10.3 Å². The summed E-state index contributed by atoms with van der Waals surface area (Å²) in [6.45, 7) is 5.84. The summed E-state index contributed by atoms with van der Waals surface area (Å²) in [6.07, 6.45) is 4.56. The normalized spacial score (nSPS) is 22.2. The van der Waals surface area contributed by atoms with Crippen molar-refractivity contribution in [3.63, 3.8) is 0 Å². The van der Waals surface area contributed by atoms with Gasteiger partial charge in [0.1, 0.15) is 0 Å². The number of benzene rings is 1. The molecule has 1 atom stereocenters. The second-order valence-corrected chi connectivity index (χ2v) is 7.67. The monoisotopic (exact) mass is 288 g/mol. The van der Waals surface area contributed by atoms with E-state index in [9.17, 15) is 0 Å². The molecule has 1 aromatic heterocycles. The average molecular weight is 288 g/mol. The van der Waals surface area contributed by atoms with E-state index < -0.39 is 0 Å². The highest BCUT2D eigenvalue weighted by Gasteiger charge is 2.27. The predicted molar refractivity (Wildman–Crippen MR) is 89.5 cm³/mol. The van der Waals surface area contributed by atoms with Crippen molar-refractivity contribution in [3.8, 4) is 0 Å². The maximum absolute atomic E-state index is 3.75. The Labute approximate surface area is 125 Å². The lowest BCUT2D eigenvalue weighted by Gasteiger charge is -2.35. The van der Waals surface area contributed by atoms with Crippen LogP contribution in [0.2, 0.25) is 0 Å². The molecule has 0 radical (unpaired) electrons. The Hall–Kier alpha value is -0.930. The molecule has 0 amide bonds. The summed E-state index contributed by atoms with van der Waals surface area (Å²) < 4.78 is 0. The van der Waals surface area contributed by atoms with Crippen LogP contribution in [0.5, 0.6) is 0 Å². The van der Waals surface area contributed by atoms with Gasteiger partial charge in [0.25, 0.3) is 0 Å². The van der Waals surface area contributed by atoms with Gasteiger partial charge < -0.3 is 10.3 Å². The fraction of sp³-hybridized carbons (Fsp3) is 0.529. The van der Waals surface area contributed by atoms with E-state index >= 15 is 0 Å². The van der Waals surface area contributed by atoms with Gasteiger partial charge in [0, 0.05) is 28.9 Å². The van der Waals surface area contributed by atoms with Crippen LogP contribution in [-0.4, -0.2) is 29.1 Å². The number of para-hydroxylation sites is 1. The molecule has 0 saturated carbocycles. The first-order valence-electron chi connectivity index (χ1n) is 7.50. The predicted octanol–water partition coefficient (Wildman–Crippen LogP) is 3.83. The molecule has 2 heterocycles. The smallest absolute Gasteiger partial charge is 0.0456 e. The highest BCUT2D eigenvalue weighted by molar-refractivity contribution is 7.99. The number of hydrogen-bond acceptors (Lipinski definition) is 2. The van der Waals surface area contributed by atoms with Gasteiger partial charge in [0.15, 0.2) is 0 Å². The Morgan fingerprint density at radius 2 is 2.20 bits per heavy atom. The van der Waals surface area contributed by atoms with Gasteiger partial charge in [-0.3, -0.25) is 0 Å². The second kappa shape index (κ2) is 5.82. The highest BCUT2D eigenvalue weighted by Crippen LogP contribution is 2.33. The molecule has 1 saturated heterocycles. The van der Waals surface area contributed by atoms with E-state index in [4.69, 9.17) is 0 Å². The fourth-order valence-electron chi connectivity index (χ4n) is 3.14. The summed E-state index contributed by atoms with van der Waals surface area (Å²) in [5.41, 5.74) is 3.16. The molecule has 3 rings (SSSR count). The molecule has 108 valence electrons. The molecular weight excluding hydrogens is 264 g/mol. The molecule has 1 fully saturated rings. The summed E-state index contributed by atoms with van der Waals surface area (Å²) in [5.74, 6) is 2.56. The van der Waals surface area contributed by atoms with Gasteiger partial charge in [-0.15, -0.1) is 0 Å². The van der Waals surface area contributed by atoms with E-state index in [2.05, 4.69) is 66.4 Å². The average Bonchev–Trinajstić information content (AvgIpc) is 2.81. The van der Waals surface area contributed by atoms with E-state index in [1.165, 1.54) is 34.4 Å². The van der Waals surface area contributed by atoms with Gasteiger partial charge in [0.2, 0.25) is 0 Å². The molecule has 1 aliphatic rings. The summed E-state index contributed by atoms with van der Waals surface area (Å²) >= 11 is 2.09. The van der Waals surface area contributed by atoms with Crippen LogP contribution in [0, 0.1) is 5.41 Å². The zero-order valence-corrected chi connectivity index (χ0v) is 13.2. The number of H-pyrrole nitrogens is 1. The van der Waals surface area contributed by atoms with Crippen molar-refractivity contribution in [2.45, 2.75) is 32.7 Å². The molecule has 1 aromatic carbocycles. The topological polar surface area (TPSA) is 27.8 Å². The van der Waals surface area contributed by atoms with Crippen molar-refractivity contribution in [3.05, 3.63) is 36.0 Å². The van der Waals surface area contributed by atoms with E-state index in [1.54, 1.807) is 0 Å². The van der Waals surface area contributed by atoms with Crippen LogP contribution in [0.4, 0.5) is 0 Å². The Balaban J connectivity index is 1.55. The third kappa shape index (κ3) is 3.21. The largest absolute Gasteiger partial charge is 0.361 e. The van der Waals surface area contributed by atoms with E-state index in [0.29, 0.717) is 11.5 Å². The third-order valence-electron chi connectivity index (χ3n) is 4.11. The molecule has 1 aliphatic heterocycles. The van der Waals surface area contributed by atoms with Crippen LogP contribution in [0.15, 0.2) is 30.5 Å². The minimum absolute atomic E-state index is 0.487. The number of thioether (sulfide) groups is 1. The molecule has 0 bridgehead atoms. The molecule has 0 aliphatic carbocycles. The standard InChI is InChI=1S/C17H24N2S/c1-17(2)9-14(11-20-12-17)18-8-7-13-10-19-16-6-4-3-5-15(13)16/h3-6,10,14,18-19H,7-9,11-12H2,1-2H3. The van der Waals surface area contributed by atoms with Gasteiger partial charge in [-0.05, 0) is 42.2 Å². The van der Waals surface area contributed by atoms with Crippen molar-refractivity contribution < 1.29 is 0 Å². The molecule has 2 N–H and O–H groups in total. The summed E-state index contributed by atoms with van der Waals surface area (Å²) in [7, 11) is 0. The van der Waals surface area contributed by atoms with Crippen LogP contribution in [0.3, 0.4) is 0 Å². The SMILES string of the molecule is CC1(C)CSCC(NCCc2c[nH]c3ccccc23)C1. The number of aromatic nitrogens is 1. The van der Waals surface area contributed by atoms with Crippen LogP contribution >= 0.6 is 11.8 Å². The lowest BCUT2D eigenvalue weighted by atomic mass is 9.88. The van der Waals surface area contributed by atoms with Crippen LogP contribution in [-0.2, 0) is 6.42 Å². The Bertz CT molecular complexity index is 573. The minimum Gasteiger partial charge on any atom is -0.361 e. The maximum atomic E-state index is 3.75. The summed E-state index contributed by atoms with van der Waals surface area (Å²) in [5, 5.41) is 5.11. The second-order valence-electron chi connectivity index (χ2n) is 6.64. The lowest BCUT2D eigenvalue weighted by Crippen LogP contribution is -2.41. The van der Waals surface area contributed by atoms with Gasteiger partial charge in [-0.1, -0.05) is 32.0 Å². The zero-order chi connectivity index (χ0) is 14.0. The lowest BCUT2D eigenvalue weighted by molar-refractivity contribution is 0.319. The van der Waals surface area contributed by atoms with Gasteiger partial charge in [-0.2, -0.15) is 11.8 Å². The first kappa shape index (κ1) is 14.0. The molecule has 20 heavy (non-hydrogen) atoms. The first-order valence-corrected chi connectivity index (χ1v) is 8.66. The van der Waals surface area contributed by atoms with Crippen molar-refractivity contribution in [2.75, 3.05) is 18.1 Å². The number of rotatable bonds is 4. The van der Waals surface area contributed by atoms with Gasteiger partial charge in [0.05, 0.1) is 0 Å².